The van der Waals surface area contributed by atoms with Gasteiger partial charge in [0.2, 0.25) is 0 Å². The van der Waals surface area contributed by atoms with Gasteiger partial charge in [-0.05, 0) is 43.7 Å². The Morgan fingerprint density at radius 1 is 1.50 bits per heavy atom. The maximum atomic E-state index is 12.2. The smallest absolute Gasteiger partial charge is 0.328 e. The first kappa shape index (κ1) is 13.4. The van der Waals surface area contributed by atoms with E-state index in [2.05, 4.69) is 21.3 Å². The van der Waals surface area contributed by atoms with E-state index in [1.807, 2.05) is 19.2 Å². The Hall–Kier alpha value is -1.62. The molecule has 5 heteroatoms. The summed E-state index contributed by atoms with van der Waals surface area (Å²) in [7, 11) is 0. The van der Waals surface area contributed by atoms with Gasteiger partial charge in [0, 0.05) is 22.8 Å². The third-order valence-electron chi connectivity index (χ3n) is 3.69. The molecule has 3 rings (SSSR count). The number of ether oxygens (including phenoxy) is 1. The molecule has 1 aliphatic rings. The molecule has 0 saturated carbocycles. The second kappa shape index (κ2) is 5.79. The number of pyridine rings is 1. The summed E-state index contributed by atoms with van der Waals surface area (Å²) < 4.78 is 6.43. The molecule has 2 aromatic heterocycles. The van der Waals surface area contributed by atoms with Crippen LogP contribution in [-0.4, -0.2) is 30.1 Å². The molecule has 3 heterocycles. The van der Waals surface area contributed by atoms with E-state index in [-0.39, 0.29) is 12.0 Å². The number of rotatable bonds is 3. The third-order valence-corrected chi connectivity index (χ3v) is 4.57. The molecule has 1 aliphatic heterocycles. The molecule has 1 unspecified atom stereocenters. The molecule has 1 fully saturated rings. The summed E-state index contributed by atoms with van der Waals surface area (Å²) in [5.74, 6) is 0.794. The van der Waals surface area contributed by atoms with Gasteiger partial charge in [-0.1, -0.05) is 0 Å². The highest BCUT2D eigenvalue weighted by molar-refractivity contribution is 7.17. The number of thiophene rings is 1. The van der Waals surface area contributed by atoms with Crippen LogP contribution < -0.4 is 4.90 Å². The lowest BCUT2D eigenvalue weighted by molar-refractivity contribution is -0.145. The summed E-state index contributed by atoms with van der Waals surface area (Å²) in [6.45, 7) is 3.15. The van der Waals surface area contributed by atoms with Crippen molar-refractivity contribution in [3.63, 3.8) is 0 Å². The van der Waals surface area contributed by atoms with E-state index in [4.69, 9.17) is 4.74 Å². The van der Waals surface area contributed by atoms with Gasteiger partial charge in [-0.2, -0.15) is 0 Å². The van der Waals surface area contributed by atoms with Crippen LogP contribution >= 0.6 is 11.3 Å². The van der Waals surface area contributed by atoms with Gasteiger partial charge < -0.3 is 9.64 Å². The Kier molecular flexibility index (Phi) is 3.87. The highest BCUT2D eigenvalue weighted by Crippen LogP contribution is 2.32. The maximum Gasteiger partial charge on any atom is 0.328 e. The van der Waals surface area contributed by atoms with Crippen LogP contribution in [0.15, 0.2) is 23.7 Å². The van der Waals surface area contributed by atoms with Crippen LogP contribution in [0.5, 0.6) is 0 Å². The number of fused-ring (bicyclic) bond motifs is 1. The van der Waals surface area contributed by atoms with Crippen molar-refractivity contribution in [2.45, 2.75) is 32.2 Å². The first-order chi connectivity index (χ1) is 9.81. The largest absolute Gasteiger partial charge is 0.464 e. The Morgan fingerprint density at radius 3 is 3.25 bits per heavy atom. The van der Waals surface area contributed by atoms with E-state index in [0.29, 0.717) is 6.61 Å². The van der Waals surface area contributed by atoms with E-state index in [1.54, 1.807) is 11.3 Å². The fourth-order valence-electron chi connectivity index (χ4n) is 2.78. The molecule has 0 aromatic carbocycles. The molecule has 0 N–H and O–H groups in total. The van der Waals surface area contributed by atoms with Gasteiger partial charge >= 0.3 is 5.97 Å². The summed E-state index contributed by atoms with van der Waals surface area (Å²) in [5, 5.41) is 3.20. The van der Waals surface area contributed by atoms with Gasteiger partial charge in [-0.25, -0.2) is 9.78 Å². The summed E-state index contributed by atoms with van der Waals surface area (Å²) in [6, 6.07) is 3.91. The molecule has 2 aromatic rings. The average molecular weight is 290 g/mol. The number of aromatic nitrogens is 1. The number of carbonyl (C=O) groups is 1. The van der Waals surface area contributed by atoms with Crippen molar-refractivity contribution < 1.29 is 9.53 Å². The number of nitrogens with zero attached hydrogens (tertiary/aromatic N) is 2. The minimum absolute atomic E-state index is 0.124. The van der Waals surface area contributed by atoms with E-state index >= 15 is 0 Å². The topological polar surface area (TPSA) is 42.4 Å². The lowest BCUT2D eigenvalue weighted by Gasteiger charge is -2.35. The first-order valence-electron chi connectivity index (χ1n) is 7.06. The van der Waals surface area contributed by atoms with Gasteiger partial charge in [-0.3, -0.25) is 0 Å². The van der Waals surface area contributed by atoms with E-state index < -0.39 is 0 Å². The van der Waals surface area contributed by atoms with Crippen molar-refractivity contribution in [2.75, 3.05) is 18.1 Å². The highest BCUT2D eigenvalue weighted by atomic mass is 32.1. The highest BCUT2D eigenvalue weighted by Gasteiger charge is 2.31. The number of hydrogen-bond donors (Lipinski definition) is 0. The minimum Gasteiger partial charge on any atom is -0.464 e. The molecule has 0 bridgehead atoms. The second-order valence-corrected chi connectivity index (χ2v) is 5.87. The lowest BCUT2D eigenvalue weighted by atomic mass is 10.0. The van der Waals surface area contributed by atoms with Crippen LogP contribution in [0.25, 0.3) is 10.1 Å². The number of hydrogen-bond acceptors (Lipinski definition) is 5. The lowest BCUT2D eigenvalue weighted by Crippen LogP contribution is -2.46. The van der Waals surface area contributed by atoms with Gasteiger partial charge in [0.25, 0.3) is 0 Å². The maximum absolute atomic E-state index is 12.2. The molecule has 0 spiro atoms. The standard InChI is InChI=1S/C15H18N2O2S/c1-2-19-15(18)12-5-3-4-9-17(12)14-11-7-10-20-13(11)6-8-16-14/h6-8,10,12H,2-5,9H2,1H3. The van der Waals surface area contributed by atoms with Crippen LogP contribution in [0.2, 0.25) is 0 Å². The number of anilines is 1. The number of carbonyl (C=O) groups excluding carboxylic acids is 1. The fraction of sp³-hybridized carbons (Fsp3) is 0.467. The molecule has 1 saturated heterocycles. The van der Waals surface area contributed by atoms with Gasteiger partial charge in [0.1, 0.15) is 11.9 Å². The molecule has 0 amide bonds. The van der Waals surface area contributed by atoms with Gasteiger partial charge in [-0.15, -0.1) is 11.3 Å². The van der Waals surface area contributed by atoms with Crippen molar-refractivity contribution in [3.8, 4) is 0 Å². The summed E-state index contributed by atoms with van der Waals surface area (Å²) in [6.07, 6.45) is 4.84. The average Bonchev–Trinajstić information content (AvgIpc) is 2.96. The molecule has 4 nitrogen and oxygen atoms in total. The Bertz CT molecular complexity index is 611. The van der Waals surface area contributed by atoms with Crippen molar-refractivity contribution >= 4 is 33.2 Å². The molecular formula is C15H18N2O2S. The Labute approximate surface area is 122 Å². The SMILES string of the molecule is CCOC(=O)C1CCCCN1c1nccc2sccc12. The fourth-order valence-corrected chi connectivity index (χ4v) is 3.55. The molecular weight excluding hydrogens is 272 g/mol. The summed E-state index contributed by atoms with van der Waals surface area (Å²) >= 11 is 1.70. The Balaban J connectivity index is 1.97. The number of piperidine rings is 1. The minimum atomic E-state index is -0.193. The van der Waals surface area contributed by atoms with Crippen molar-refractivity contribution in [3.05, 3.63) is 23.7 Å². The monoisotopic (exact) mass is 290 g/mol. The van der Waals surface area contributed by atoms with Crippen LogP contribution in [0, 0.1) is 0 Å². The van der Waals surface area contributed by atoms with Crippen LogP contribution in [0.4, 0.5) is 5.82 Å². The molecule has 0 aliphatic carbocycles. The predicted octanol–water partition coefficient (Wildman–Crippen LogP) is 3.22. The van der Waals surface area contributed by atoms with Gasteiger partial charge in [0.15, 0.2) is 0 Å². The van der Waals surface area contributed by atoms with Crippen molar-refractivity contribution in [1.82, 2.24) is 4.98 Å². The molecule has 20 heavy (non-hydrogen) atoms. The number of esters is 1. The molecule has 106 valence electrons. The van der Waals surface area contributed by atoms with Crippen LogP contribution in [0.3, 0.4) is 0 Å². The van der Waals surface area contributed by atoms with E-state index in [9.17, 15) is 4.79 Å². The van der Waals surface area contributed by atoms with Crippen molar-refractivity contribution in [1.29, 1.82) is 0 Å². The summed E-state index contributed by atoms with van der Waals surface area (Å²) in [5.41, 5.74) is 0. The van der Waals surface area contributed by atoms with E-state index in [0.717, 1.165) is 37.0 Å². The Morgan fingerprint density at radius 2 is 2.40 bits per heavy atom. The molecule has 0 radical (unpaired) electrons. The van der Waals surface area contributed by atoms with Crippen molar-refractivity contribution in [2.24, 2.45) is 0 Å². The zero-order valence-corrected chi connectivity index (χ0v) is 12.4. The van der Waals surface area contributed by atoms with Crippen LogP contribution in [-0.2, 0) is 9.53 Å². The quantitative estimate of drug-likeness (QED) is 0.814. The van der Waals surface area contributed by atoms with Crippen LogP contribution in [0.1, 0.15) is 26.2 Å². The normalized spacial score (nSPS) is 19.2. The predicted molar refractivity (Wildman–Crippen MR) is 81.2 cm³/mol. The van der Waals surface area contributed by atoms with Gasteiger partial charge in [0.05, 0.1) is 6.61 Å². The summed E-state index contributed by atoms with van der Waals surface area (Å²) in [4.78, 5) is 18.8. The first-order valence-corrected chi connectivity index (χ1v) is 7.94. The zero-order chi connectivity index (χ0) is 13.9. The zero-order valence-electron chi connectivity index (χ0n) is 11.5. The second-order valence-electron chi connectivity index (χ2n) is 4.92. The van der Waals surface area contributed by atoms with E-state index in [1.165, 1.54) is 4.70 Å². The molecule has 1 atom stereocenters. The third kappa shape index (κ3) is 2.38.